The largest absolute Gasteiger partial charge is 0.496 e. The molecule has 0 amide bonds. The van der Waals surface area contributed by atoms with Gasteiger partial charge in [-0.1, -0.05) is 13.3 Å². The molecule has 0 bridgehead atoms. The Kier molecular flexibility index (Phi) is 6.45. The van der Waals surface area contributed by atoms with Crippen molar-refractivity contribution in [2.24, 2.45) is 5.92 Å². The maximum atomic E-state index is 12.2. The van der Waals surface area contributed by atoms with Crippen LogP contribution in [0.1, 0.15) is 25.3 Å². The molecule has 0 aromatic heterocycles. The third-order valence-electron chi connectivity index (χ3n) is 3.35. The average Bonchev–Trinajstić information content (AvgIpc) is 2.43. The Morgan fingerprint density at radius 3 is 2.60 bits per heavy atom. The topological polar surface area (TPSA) is 75.6 Å². The quantitative estimate of drug-likeness (QED) is 0.766. The molecule has 0 aliphatic rings. The summed E-state index contributed by atoms with van der Waals surface area (Å²) < 4.78 is 32.1. The summed E-state index contributed by atoms with van der Waals surface area (Å²) in [5.41, 5.74) is 0.776. The van der Waals surface area contributed by atoms with Crippen LogP contribution in [0.5, 0.6) is 5.75 Å². The fourth-order valence-electron chi connectivity index (χ4n) is 1.96. The monoisotopic (exact) mass is 301 g/mol. The number of rotatable bonds is 8. The fourth-order valence-corrected chi connectivity index (χ4v) is 3.16. The molecule has 0 aliphatic heterocycles. The Morgan fingerprint density at radius 2 is 2.10 bits per heavy atom. The number of nitrogens with one attached hydrogen (secondary N) is 1. The lowest BCUT2D eigenvalue weighted by atomic mass is 10.0. The number of aliphatic hydroxyl groups is 1. The first kappa shape index (κ1) is 16.9. The maximum Gasteiger partial charge on any atom is 0.240 e. The molecule has 1 unspecified atom stereocenters. The lowest BCUT2D eigenvalue weighted by molar-refractivity contribution is 0.254. The van der Waals surface area contributed by atoms with Crippen molar-refractivity contribution in [2.75, 3.05) is 20.3 Å². The van der Waals surface area contributed by atoms with Crippen molar-refractivity contribution in [3.05, 3.63) is 23.8 Å². The lowest BCUT2D eigenvalue weighted by Gasteiger charge is -2.15. The highest BCUT2D eigenvalue weighted by atomic mass is 32.2. The van der Waals surface area contributed by atoms with Gasteiger partial charge in [0.15, 0.2) is 0 Å². The highest BCUT2D eigenvalue weighted by molar-refractivity contribution is 7.89. The van der Waals surface area contributed by atoms with Gasteiger partial charge >= 0.3 is 0 Å². The van der Waals surface area contributed by atoms with Gasteiger partial charge in [-0.05, 0) is 43.0 Å². The third kappa shape index (κ3) is 4.47. The standard InChI is InChI=1S/C14H23NO4S/c1-4-12(7-8-16)10-15-20(17,18)13-5-6-14(19-3)11(2)9-13/h5-6,9,12,15-16H,4,7-8,10H2,1-3H3. The molecule has 0 saturated carbocycles. The van der Waals surface area contributed by atoms with E-state index in [1.807, 2.05) is 6.92 Å². The van der Waals surface area contributed by atoms with Crippen LogP contribution in [-0.4, -0.2) is 33.8 Å². The first-order valence-corrected chi connectivity index (χ1v) is 8.18. The Morgan fingerprint density at radius 1 is 1.40 bits per heavy atom. The molecular formula is C14H23NO4S. The van der Waals surface area contributed by atoms with E-state index in [1.54, 1.807) is 26.2 Å². The summed E-state index contributed by atoms with van der Waals surface area (Å²) in [7, 11) is -1.97. The third-order valence-corrected chi connectivity index (χ3v) is 4.77. The van der Waals surface area contributed by atoms with Crippen LogP contribution < -0.4 is 9.46 Å². The van der Waals surface area contributed by atoms with E-state index in [2.05, 4.69) is 4.72 Å². The second-order valence-electron chi connectivity index (χ2n) is 4.77. The van der Waals surface area contributed by atoms with Gasteiger partial charge in [-0.25, -0.2) is 13.1 Å². The van der Waals surface area contributed by atoms with Crippen molar-refractivity contribution in [1.82, 2.24) is 4.72 Å². The predicted octanol–water partition coefficient (Wildman–Crippen LogP) is 1.69. The summed E-state index contributed by atoms with van der Waals surface area (Å²) >= 11 is 0. The zero-order chi connectivity index (χ0) is 15.2. The summed E-state index contributed by atoms with van der Waals surface area (Å²) in [4.78, 5) is 0.231. The van der Waals surface area contributed by atoms with Crippen LogP contribution in [0.2, 0.25) is 0 Å². The fraction of sp³-hybridized carbons (Fsp3) is 0.571. The Balaban J connectivity index is 2.81. The Labute approximate surface area is 121 Å². The summed E-state index contributed by atoms with van der Waals surface area (Å²) in [6, 6.07) is 4.77. The first-order chi connectivity index (χ1) is 9.44. The number of benzene rings is 1. The van der Waals surface area contributed by atoms with E-state index in [-0.39, 0.29) is 17.4 Å². The van der Waals surface area contributed by atoms with Gasteiger partial charge < -0.3 is 9.84 Å². The molecule has 0 saturated heterocycles. The van der Waals surface area contributed by atoms with Crippen LogP contribution in [0.25, 0.3) is 0 Å². The van der Waals surface area contributed by atoms with Gasteiger partial charge in [0, 0.05) is 13.2 Å². The van der Waals surface area contributed by atoms with Crippen molar-refractivity contribution < 1.29 is 18.3 Å². The number of aryl methyl sites for hydroxylation is 1. The van der Waals surface area contributed by atoms with Crippen LogP contribution in [0.15, 0.2) is 23.1 Å². The summed E-state index contributed by atoms with van der Waals surface area (Å²) in [5.74, 6) is 0.810. The molecule has 0 heterocycles. The van der Waals surface area contributed by atoms with E-state index in [0.29, 0.717) is 18.7 Å². The number of hydrogen-bond donors (Lipinski definition) is 2. The molecule has 1 aromatic rings. The molecule has 114 valence electrons. The summed E-state index contributed by atoms with van der Waals surface area (Å²) in [5, 5.41) is 8.92. The zero-order valence-corrected chi connectivity index (χ0v) is 13.0. The van der Waals surface area contributed by atoms with Crippen LogP contribution >= 0.6 is 0 Å². The van der Waals surface area contributed by atoms with Crippen molar-refractivity contribution in [3.8, 4) is 5.75 Å². The van der Waals surface area contributed by atoms with Crippen LogP contribution in [0, 0.1) is 12.8 Å². The maximum absolute atomic E-state index is 12.2. The normalized spacial score (nSPS) is 13.2. The molecule has 1 atom stereocenters. The highest BCUT2D eigenvalue weighted by Crippen LogP contribution is 2.21. The Hall–Kier alpha value is -1.11. The van der Waals surface area contributed by atoms with Gasteiger partial charge in [-0.15, -0.1) is 0 Å². The number of ether oxygens (including phenoxy) is 1. The molecule has 0 fully saturated rings. The van der Waals surface area contributed by atoms with Crippen LogP contribution in [-0.2, 0) is 10.0 Å². The van der Waals surface area contributed by atoms with E-state index in [9.17, 15) is 8.42 Å². The molecule has 0 spiro atoms. The summed E-state index contributed by atoms with van der Waals surface area (Å²) in [6.07, 6.45) is 1.42. The van der Waals surface area contributed by atoms with E-state index in [0.717, 1.165) is 12.0 Å². The van der Waals surface area contributed by atoms with Gasteiger partial charge in [-0.3, -0.25) is 0 Å². The lowest BCUT2D eigenvalue weighted by Crippen LogP contribution is -2.29. The Bertz CT molecular complexity index is 528. The molecule has 6 heteroatoms. The summed E-state index contributed by atoms with van der Waals surface area (Å²) in [6.45, 7) is 4.19. The molecule has 1 aromatic carbocycles. The van der Waals surface area contributed by atoms with E-state index in [4.69, 9.17) is 9.84 Å². The molecule has 1 rings (SSSR count). The second kappa shape index (κ2) is 7.61. The van der Waals surface area contributed by atoms with Crippen molar-refractivity contribution in [1.29, 1.82) is 0 Å². The van der Waals surface area contributed by atoms with E-state index in [1.165, 1.54) is 6.07 Å². The van der Waals surface area contributed by atoms with Gasteiger partial charge in [0.05, 0.1) is 12.0 Å². The van der Waals surface area contributed by atoms with Gasteiger partial charge in [0.2, 0.25) is 10.0 Å². The first-order valence-electron chi connectivity index (χ1n) is 6.69. The zero-order valence-electron chi connectivity index (χ0n) is 12.2. The molecule has 20 heavy (non-hydrogen) atoms. The van der Waals surface area contributed by atoms with Crippen molar-refractivity contribution in [2.45, 2.75) is 31.6 Å². The minimum atomic E-state index is -3.52. The predicted molar refractivity (Wildman–Crippen MR) is 78.4 cm³/mol. The second-order valence-corrected chi connectivity index (χ2v) is 6.54. The van der Waals surface area contributed by atoms with Crippen molar-refractivity contribution in [3.63, 3.8) is 0 Å². The highest BCUT2D eigenvalue weighted by Gasteiger charge is 2.17. The molecule has 5 nitrogen and oxygen atoms in total. The SMILES string of the molecule is CCC(CCO)CNS(=O)(=O)c1ccc(OC)c(C)c1. The van der Waals surface area contributed by atoms with Crippen LogP contribution in [0.3, 0.4) is 0 Å². The molecule has 0 aliphatic carbocycles. The number of sulfonamides is 1. The van der Waals surface area contributed by atoms with Gasteiger partial charge in [-0.2, -0.15) is 0 Å². The van der Waals surface area contributed by atoms with E-state index >= 15 is 0 Å². The molecule has 2 N–H and O–H groups in total. The number of aliphatic hydroxyl groups excluding tert-OH is 1. The molecule has 0 radical (unpaired) electrons. The minimum absolute atomic E-state index is 0.0713. The van der Waals surface area contributed by atoms with E-state index < -0.39 is 10.0 Å². The number of hydrogen-bond acceptors (Lipinski definition) is 4. The van der Waals surface area contributed by atoms with Gasteiger partial charge in [0.1, 0.15) is 5.75 Å². The molecular weight excluding hydrogens is 278 g/mol. The van der Waals surface area contributed by atoms with Crippen LogP contribution in [0.4, 0.5) is 0 Å². The average molecular weight is 301 g/mol. The minimum Gasteiger partial charge on any atom is -0.496 e. The number of methoxy groups -OCH3 is 1. The van der Waals surface area contributed by atoms with Gasteiger partial charge in [0.25, 0.3) is 0 Å². The smallest absolute Gasteiger partial charge is 0.240 e. The van der Waals surface area contributed by atoms with Crippen molar-refractivity contribution >= 4 is 10.0 Å².